The number of carbonyl (C=O) groups is 1. The van der Waals surface area contributed by atoms with Gasteiger partial charge >= 0.3 is 11.8 Å². The molecule has 0 fully saturated rings. The molecule has 0 aliphatic rings. The Kier molecular flexibility index (Phi) is 5.23. The number of hydrogen-bond donors (Lipinski definition) is 0. The van der Waals surface area contributed by atoms with Crippen LogP contribution in [0.25, 0.3) is 0 Å². The van der Waals surface area contributed by atoms with Gasteiger partial charge in [0.25, 0.3) is 0 Å². The molecule has 104 valence electrons. The van der Waals surface area contributed by atoms with Gasteiger partial charge in [0.15, 0.2) is 6.10 Å². The van der Waals surface area contributed by atoms with Crippen LogP contribution < -0.4 is 4.74 Å². The van der Waals surface area contributed by atoms with Crippen LogP contribution in [0.1, 0.15) is 26.0 Å². The largest absolute Gasteiger partial charge is 0.470 e. The Morgan fingerprint density at radius 1 is 1.47 bits per heavy atom. The first kappa shape index (κ1) is 14.9. The van der Waals surface area contributed by atoms with Crippen molar-refractivity contribution in [2.24, 2.45) is 0 Å². The molecule has 0 spiro atoms. The van der Waals surface area contributed by atoms with Crippen LogP contribution >= 0.6 is 0 Å². The van der Waals surface area contributed by atoms with Crippen LogP contribution in [0.5, 0.6) is 5.75 Å². The number of carbonyl (C=O) groups excluding carboxylic acids is 1. The molecule has 1 rings (SSSR count). The summed E-state index contributed by atoms with van der Waals surface area (Å²) in [6.45, 7) is 5.28. The quantitative estimate of drug-likeness (QED) is 0.445. The van der Waals surface area contributed by atoms with Gasteiger partial charge in [-0.15, -0.1) is 0 Å². The SMILES string of the molecule is CCOC(=O)C(CC)Oc1ccc(C)nc1[N+](=O)[O-]. The van der Waals surface area contributed by atoms with Crippen LogP contribution in [-0.2, 0) is 9.53 Å². The highest BCUT2D eigenvalue weighted by atomic mass is 16.6. The molecule has 19 heavy (non-hydrogen) atoms. The fourth-order valence-electron chi connectivity index (χ4n) is 1.44. The first-order valence-corrected chi connectivity index (χ1v) is 5.94. The Labute approximate surface area is 110 Å². The van der Waals surface area contributed by atoms with Gasteiger partial charge in [0.1, 0.15) is 5.69 Å². The number of nitro groups is 1. The van der Waals surface area contributed by atoms with E-state index in [1.54, 1.807) is 26.8 Å². The van der Waals surface area contributed by atoms with Crippen LogP contribution in [-0.4, -0.2) is 28.6 Å². The summed E-state index contributed by atoms with van der Waals surface area (Å²) in [6.07, 6.45) is -0.521. The summed E-state index contributed by atoms with van der Waals surface area (Å²) in [5.41, 5.74) is 0.503. The van der Waals surface area contributed by atoms with Crippen molar-refractivity contribution in [1.29, 1.82) is 0 Å². The fraction of sp³-hybridized carbons (Fsp3) is 0.500. The van der Waals surface area contributed by atoms with E-state index < -0.39 is 22.8 Å². The molecule has 0 aliphatic heterocycles. The Hall–Kier alpha value is -2.18. The number of nitrogens with zero attached hydrogens (tertiary/aromatic N) is 2. The van der Waals surface area contributed by atoms with E-state index in [2.05, 4.69) is 4.98 Å². The Morgan fingerprint density at radius 3 is 2.68 bits per heavy atom. The van der Waals surface area contributed by atoms with E-state index in [4.69, 9.17) is 9.47 Å². The minimum Gasteiger partial charge on any atom is -0.470 e. The lowest BCUT2D eigenvalue weighted by Gasteiger charge is -2.15. The second-order valence-electron chi connectivity index (χ2n) is 3.80. The van der Waals surface area contributed by atoms with Crippen LogP contribution in [0.15, 0.2) is 12.1 Å². The van der Waals surface area contributed by atoms with Crippen molar-refractivity contribution in [3.05, 3.63) is 27.9 Å². The van der Waals surface area contributed by atoms with Gasteiger partial charge in [0.2, 0.25) is 5.75 Å². The van der Waals surface area contributed by atoms with E-state index in [0.717, 1.165) is 0 Å². The number of hydrogen-bond acceptors (Lipinski definition) is 6. The molecule has 0 saturated carbocycles. The Morgan fingerprint density at radius 2 is 2.16 bits per heavy atom. The third-order valence-electron chi connectivity index (χ3n) is 2.34. The van der Waals surface area contributed by atoms with Crippen molar-refractivity contribution in [1.82, 2.24) is 4.98 Å². The standard InChI is InChI=1S/C12H16N2O5/c1-4-9(12(15)18-5-2)19-10-7-6-8(3)13-11(10)14(16)17/h6-7,9H,4-5H2,1-3H3. The maximum atomic E-state index is 11.6. The molecule has 7 nitrogen and oxygen atoms in total. The molecule has 1 aromatic heterocycles. The van der Waals surface area contributed by atoms with Crippen molar-refractivity contribution in [2.45, 2.75) is 33.3 Å². The van der Waals surface area contributed by atoms with Gasteiger partial charge in [0, 0.05) is 6.92 Å². The fourth-order valence-corrected chi connectivity index (χ4v) is 1.44. The molecule has 7 heteroatoms. The lowest BCUT2D eigenvalue weighted by Crippen LogP contribution is -2.29. The van der Waals surface area contributed by atoms with Gasteiger partial charge in [-0.05, 0) is 35.4 Å². The van der Waals surface area contributed by atoms with E-state index in [9.17, 15) is 14.9 Å². The lowest BCUT2D eigenvalue weighted by molar-refractivity contribution is -0.390. The van der Waals surface area contributed by atoms with Gasteiger partial charge < -0.3 is 19.6 Å². The Balaban J connectivity index is 2.97. The number of aryl methyl sites for hydroxylation is 1. The van der Waals surface area contributed by atoms with Crippen LogP contribution in [0.3, 0.4) is 0 Å². The van der Waals surface area contributed by atoms with Crippen LogP contribution in [0.4, 0.5) is 5.82 Å². The van der Waals surface area contributed by atoms with Gasteiger partial charge in [0.05, 0.1) is 6.61 Å². The molecule has 0 N–H and O–H groups in total. The van der Waals surface area contributed by atoms with Gasteiger partial charge in [-0.2, -0.15) is 0 Å². The minimum atomic E-state index is -0.872. The van der Waals surface area contributed by atoms with Gasteiger partial charge in [-0.25, -0.2) is 4.79 Å². The zero-order valence-electron chi connectivity index (χ0n) is 11.1. The van der Waals surface area contributed by atoms with E-state index in [-0.39, 0.29) is 12.4 Å². The first-order chi connectivity index (χ1) is 8.99. The Bertz CT molecular complexity index is 475. The number of esters is 1. The molecule has 0 aromatic carbocycles. The van der Waals surface area contributed by atoms with E-state index >= 15 is 0 Å². The molecule has 1 unspecified atom stereocenters. The summed E-state index contributed by atoms with van der Waals surface area (Å²) >= 11 is 0. The van der Waals surface area contributed by atoms with Gasteiger partial charge in [-0.3, -0.25) is 0 Å². The lowest BCUT2D eigenvalue weighted by atomic mass is 10.2. The van der Waals surface area contributed by atoms with Crippen molar-refractivity contribution >= 4 is 11.8 Å². The zero-order chi connectivity index (χ0) is 14.4. The maximum Gasteiger partial charge on any atom is 0.406 e. The summed E-state index contributed by atoms with van der Waals surface area (Å²) in [5.74, 6) is -0.974. The third kappa shape index (κ3) is 3.90. The topological polar surface area (TPSA) is 91.6 Å². The monoisotopic (exact) mass is 268 g/mol. The molecular formula is C12H16N2O5. The highest BCUT2D eigenvalue weighted by Crippen LogP contribution is 2.26. The molecule has 1 aromatic rings. The normalized spacial score (nSPS) is 11.7. The van der Waals surface area contributed by atoms with Gasteiger partial charge in [-0.1, -0.05) is 6.92 Å². The van der Waals surface area contributed by atoms with Crippen molar-refractivity contribution in [3.8, 4) is 5.75 Å². The molecule has 0 saturated heterocycles. The predicted molar refractivity (Wildman–Crippen MR) is 67.0 cm³/mol. The second kappa shape index (κ2) is 6.67. The molecule has 0 amide bonds. The zero-order valence-corrected chi connectivity index (χ0v) is 11.1. The highest BCUT2D eigenvalue weighted by molar-refractivity contribution is 5.75. The average Bonchev–Trinajstić information content (AvgIpc) is 2.37. The summed E-state index contributed by atoms with van der Waals surface area (Å²) in [6, 6.07) is 3.02. The molecule has 0 aliphatic carbocycles. The summed E-state index contributed by atoms with van der Waals surface area (Å²) < 4.78 is 10.2. The number of aromatic nitrogens is 1. The molecular weight excluding hydrogens is 252 g/mol. The van der Waals surface area contributed by atoms with E-state index in [1.165, 1.54) is 6.07 Å². The molecule has 1 atom stereocenters. The summed E-state index contributed by atoms with van der Waals surface area (Å²) in [7, 11) is 0. The highest BCUT2D eigenvalue weighted by Gasteiger charge is 2.25. The van der Waals surface area contributed by atoms with Crippen molar-refractivity contribution < 1.29 is 19.2 Å². The predicted octanol–water partition coefficient (Wildman–Crippen LogP) is 2.02. The third-order valence-corrected chi connectivity index (χ3v) is 2.34. The van der Waals surface area contributed by atoms with Crippen LogP contribution in [0, 0.1) is 17.0 Å². The van der Waals surface area contributed by atoms with Crippen molar-refractivity contribution in [3.63, 3.8) is 0 Å². The number of rotatable bonds is 6. The van der Waals surface area contributed by atoms with E-state index in [0.29, 0.717) is 12.1 Å². The molecule has 1 heterocycles. The van der Waals surface area contributed by atoms with Crippen LogP contribution in [0.2, 0.25) is 0 Å². The summed E-state index contributed by atoms with van der Waals surface area (Å²) in [5, 5.41) is 10.9. The van der Waals surface area contributed by atoms with E-state index in [1.807, 2.05) is 0 Å². The molecule has 0 radical (unpaired) electrons. The smallest absolute Gasteiger partial charge is 0.406 e. The first-order valence-electron chi connectivity index (χ1n) is 5.94. The minimum absolute atomic E-state index is 0.0319. The average molecular weight is 268 g/mol. The number of pyridine rings is 1. The maximum absolute atomic E-state index is 11.6. The molecule has 0 bridgehead atoms. The summed E-state index contributed by atoms with van der Waals surface area (Å²) in [4.78, 5) is 25.6. The number of ether oxygens (including phenoxy) is 2. The van der Waals surface area contributed by atoms with Crippen molar-refractivity contribution in [2.75, 3.05) is 6.61 Å². The second-order valence-corrected chi connectivity index (χ2v) is 3.80.